The fourth-order valence-corrected chi connectivity index (χ4v) is 3.50. The number of hydrogen-bond donors (Lipinski definition) is 1. The summed E-state index contributed by atoms with van der Waals surface area (Å²) in [5.41, 5.74) is 6.32. The van der Waals surface area contributed by atoms with E-state index in [1.54, 1.807) is 12.1 Å². The second kappa shape index (κ2) is 6.15. The van der Waals surface area contributed by atoms with E-state index in [9.17, 15) is 13.2 Å². The van der Waals surface area contributed by atoms with Crippen LogP contribution in [0.2, 0.25) is 0 Å². The van der Waals surface area contributed by atoms with Gasteiger partial charge in [-0.2, -0.15) is 0 Å². The zero-order chi connectivity index (χ0) is 15.6. The molecule has 0 aliphatic carbocycles. The summed E-state index contributed by atoms with van der Waals surface area (Å²) in [6.07, 6.45) is 3.21. The summed E-state index contributed by atoms with van der Waals surface area (Å²) in [6.45, 7) is 3.27. The number of rotatable bonds is 3. The van der Waals surface area contributed by atoms with Crippen LogP contribution in [0.25, 0.3) is 0 Å². The minimum Gasteiger partial charge on any atom is -0.334 e. The molecule has 2 rings (SSSR count). The third kappa shape index (κ3) is 3.44. The maximum Gasteiger partial charge on any atom is 0.254 e. The lowest BCUT2D eigenvalue weighted by Crippen LogP contribution is -2.51. The van der Waals surface area contributed by atoms with Gasteiger partial charge >= 0.3 is 0 Å². The van der Waals surface area contributed by atoms with Crippen molar-refractivity contribution in [2.75, 3.05) is 19.3 Å². The van der Waals surface area contributed by atoms with Crippen LogP contribution in [0.5, 0.6) is 0 Å². The molecule has 2 N–H and O–H groups in total. The van der Waals surface area contributed by atoms with Gasteiger partial charge in [-0.3, -0.25) is 4.79 Å². The van der Waals surface area contributed by atoms with Crippen LogP contribution in [0.15, 0.2) is 29.2 Å². The molecule has 1 aromatic rings. The zero-order valence-corrected chi connectivity index (χ0v) is 13.3. The molecule has 1 fully saturated rings. The normalized spacial score (nSPS) is 23.1. The third-order valence-electron chi connectivity index (χ3n) is 4.15. The average molecular weight is 310 g/mol. The van der Waals surface area contributed by atoms with E-state index in [-0.39, 0.29) is 16.8 Å². The van der Waals surface area contributed by atoms with Gasteiger partial charge in [0.05, 0.1) is 4.90 Å². The van der Waals surface area contributed by atoms with Crippen LogP contribution in [0.1, 0.15) is 30.1 Å². The molecule has 116 valence electrons. The molecule has 0 bridgehead atoms. The number of hydrogen-bond acceptors (Lipinski definition) is 4. The first-order valence-electron chi connectivity index (χ1n) is 7.15. The number of amides is 1. The van der Waals surface area contributed by atoms with E-state index in [1.165, 1.54) is 12.1 Å². The van der Waals surface area contributed by atoms with E-state index < -0.39 is 9.84 Å². The van der Waals surface area contributed by atoms with Gasteiger partial charge in [-0.15, -0.1) is 0 Å². The van der Waals surface area contributed by atoms with Crippen molar-refractivity contribution in [2.45, 2.75) is 30.7 Å². The molecule has 1 aliphatic heterocycles. The lowest BCUT2D eigenvalue weighted by molar-refractivity contribution is 0.0532. The molecule has 0 saturated carbocycles. The Balaban J connectivity index is 2.23. The summed E-state index contributed by atoms with van der Waals surface area (Å²) in [4.78, 5) is 14.6. The maximum atomic E-state index is 12.6. The monoisotopic (exact) mass is 310 g/mol. The quantitative estimate of drug-likeness (QED) is 0.912. The third-order valence-corrected chi connectivity index (χ3v) is 5.28. The van der Waals surface area contributed by atoms with E-state index in [4.69, 9.17) is 5.73 Å². The zero-order valence-electron chi connectivity index (χ0n) is 12.5. The van der Waals surface area contributed by atoms with Gasteiger partial charge in [-0.25, -0.2) is 8.42 Å². The van der Waals surface area contributed by atoms with Crippen LogP contribution in [0.4, 0.5) is 0 Å². The highest BCUT2D eigenvalue weighted by Crippen LogP contribution is 2.24. The van der Waals surface area contributed by atoms with Crippen molar-refractivity contribution >= 4 is 15.7 Å². The Morgan fingerprint density at radius 3 is 2.48 bits per heavy atom. The Labute approximate surface area is 126 Å². The summed E-state index contributed by atoms with van der Waals surface area (Å²) >= 11 is 0. The number of nitrogens with two attached hydrogens (primary N) is 1. The van der Waals surface area contributed by atoms with E-state index in [2.05, 4.69) is 6.92 Å². The van der Waals surface area contributed by atoms with Crippen LogP contribution in [0.3, 0.4) is 0 Å². The smallest absolute Gasteiger partial charge is 0.254 e. The van der Waals surface area contributed by atoms with E-state index in [0.717, 1.165) is 19.1 Å². The Bertz CT molecular complexity index is 610. The van der Waals surface area contributed by atoms with Gasteiger partial charge in [-0.1, -0.05) is 6.92 Å². The number of carbonyl (C=O) groups excluding carboxylic acids is 1. The predicted molar refractivity (Wildman–Crippen MR) is 81.8 cm³/mol. The van der Waals surface area contributed by atoms with Crippen LogP contribution < -0.4 is 5.73 Å². The van der Waals surface area contributed by atoms with Crippen molar-refractivity contribution < 1.29 is 13.2 Å². The number of likely N-dealkylation sites (tertiary alicyclic amines) is 1. The summed E-state index contributed by atoms with van der Waals surface area (Å²) in [6, 6.07) is 6.17. The number of piperidine rings is 1. The summed E-state index contributed by atoms with van der Waals surface area (Å²) in [7, 11) is -3.24. The van der Waals surface area contributed by atoms with Crippen molar-refractivity contribution in [3.8, 4) is 0 Å². The van der Waals surface area contributed by atoms with Gasteiger partial charge < -0.3 is 10.6 Å². The molecule has 1 saturated heterocycles. The SMILES string of the molecule is CC1CCCN(C(=O)c2ccc(S(C)(=O)=O)cc2)C1CN. The lowest BCUT2D eigenvalue weighted by Gasteiger charge is -2.39. The van der Waals surface area contributed by atoms with Crippen LogP contribution in [0, 0.1) is 5.92 Å². The lowest BCUT2D eigenvalue weighted by atomic mass is 9.90. The molecule has 5 nitrogen and oxygen atoms in total. The van der Waals surface area contributed by atoms with Crippen molar-refractivity contribution in [1.29, 1.82) is 0 Å². The van der Waals surface area contributed by atoms with E-state index in [0.29, 0.717) is 24.6 Å². The maximum absolute atomic E-state index is 12.6. The molecule has 6 heteroatoms. The number of carbonyl (C=O) groups is 1. The molecule has 1 aromatic carbocycles. The van der Waals surface area contributed by atoms with Gasteiger partial charge in [0.2, 0.25) is 0 Å². The summed E-state index contributed by atoms with van der Waals surface area (Å²) < 4.78 is 22.9. The summed E-state index contributed by atoms with van der Waals surface area (Å²) in [5, 5.41) is 0. The van der Waals surface area contributed by atoms with Crippen molar-refractivity contribution in [3.63, 3.8) is 0 Å². The Kier molecular flexibility index (Phi) is 4.68. The van der Waals surface area contributed by atoms with Crippen molar-refractivity contribution in [2.24, 2.45) is 11.7 Å². The molecule has 21 heavy (non-hydrogen) atoms. The first-order chi connectivity index (χ1) is 9.84. The fraction of sp³-hybridized carbons (Fsp3) is 0.533. The molecule has 1 aliphatic rings. The van der Waals surface area contributed by atoms with Crippen LogP contribution >= 0.6 is 0 Å². The molecule has 2 unspecified atom stereocenters. The minimum atomic E-state index is -3.24. The first-order valence-corrected chi connectivity index (χ1v) is 9.05. The fourth-order valence-electron chi connectivity index (χ4n) is 2.87. The molecule has 1 amide bonds. The minimum absolute atomic E-state index is 0.0563. The van der Waals surface area contributed by atoms with Gasteiger partial charge in [0, 0.05) is 31.0 Å². The molecule has 1 heterocycles. The number of nitrogens with zero attached hydrogens (tertiary/aromatic N) is 1. The summed E-state index contributed by atoms with van der Waals surface area (Å²) in [5.74, 6) is 0.319. The standard InChI is InChI=1S/C15H22N2O3S/c1-11-4-3-9-17(14(11)10-16)15(18)12-5-7-13(8-6-12)21(2,19)20/h5-8,11,14H,3-4,9-10,16H2,1-2H3. The Hall–Kier alpha value is -1.40. The van der Waals surface area contributed by atoms with Crippen LogP contribution in [-0.2, 0) is 9.84 Å². The first kappa shape index (κ1) is 16.0. The van der Waals surface area contributed by atoms with Crippen LogP contribution in [-0.4, -0.2) is 44.6 Å². The topological polar surface area (TPSA) is 80.5 Å². The second-order valence-corrected chi connectivity index (χ2v) is 7.73. The molecule has 0 aromatic heterocycles. The average Bonchev–Trinajstić information content (AvgIpc) is 2.45. The largest absolute Gasteiger partial charge is 0.334 e. The van der Waals surface area contributed by atoms with Gasteiger partial charge in [-0.05, 0) is 43.0 Å². The predicted octanol–water partition coefficient (Wildman–Crippen LogP) is 1.29. The van der Waals surface area contributed by atoms with Gasteiger partial charge in [0.25, 0.3) is 5.91 Å². The Morgan fingerprint density at radius 2 is 1.95 bits per heavy atom. The second-order valence-electron chi connectivity index (χ2n) is 5.72. The molecular formula is C15H22N2O3S. The number of sulfone groups is 1. The van der Waals surface area contributed by atoms with Crippen molar-refractivity contribution in [3.05, 3.63) is 29.8 Å². The Morgan fingerprint density at radius 1 is 1.33 bits per heavy atom. The number of benzene rings is 1. The van der Waals surface area contributed by atoms with Gasteiger partial charge in [0.15, 0.2) is 9.84 Å². The van der Waals surface area contributed by atoms with Crippen molar-refractivity contribution in [1.82, 2.24) is 4.90 Å². The molecule has 2 atom stereocenters. The highest BCUT2D eigenvalue weighted by Gasteiger charge is 2.31. The highest BCUT2D eigenvalue weighted by molar-refractivity contribution is 7.90. The molecular weight excluding hydrogens is 288 g/mol. The van der Waals surface area contributed by atoms with Gasteiger partial charge in [0.1, 0.15) is 0 Å². The van der Waals surface area contributed by atoms with E-state index in [1.807, 2.05) is 4.90 Å². The van der Waals surface area contributed by atoms with E-state index >= 15 is 0 Å². The molecule has 0 spiro atoms. The molecule has 0 radical (unpaired) electrons. The highest BCUT2D eigenvalue weighted by atomic mass is 32.2.